The van der Waals surface area contributed by atoms with E-state index in [1.807, 2.05) is 0 Å². The number of hydrogen-bond donors (Lipinski definition) is 2. The molecule has 0 spiro atoms. The SMILES string of the molecule is O=C(Nc1nc2cccnc2s1)C(Oc1ccc(F)cc1F)c1ccc(S(=O)(=O)C2CCNCC2)cc1. The summed E-state index contributed by atoms with van der Waals surface area (Å²) in [7, 11) is -3.56. The first-order valence-electron chi connectivity index (χ1n) is 11.5. The van der Waals surface area contributed by atoms with E-state index in [-0.39, 0.29) is 21.3 Å². The van der Waals surface area contributed by atoms with Crippen molar-refractivity contribution in [1.82, 2.24) is 15.3 Å². The Balaban J connectivity index is 1.44. The Labute approximate surface area is 215 Å². The van der Waals surface area contributed by atoms with Gasteiger partial charge in [-0.1, -0.05) is 23.5 Å². The van der Waals surface area contributed by atoms with Crippen molar-refractivity contribution in [2.45, 2.75) is 29.1 Å². The lowest BCUT2D eigenvalue weighted by molar-refractivity contribution is -0.123. The molecule has 1 fully saturated rings. The predicted octanol–water partition coefficient (Wildman–Crippen LogP) is 4.25. The van der Waals surface area contributed by atoms with E-state index < -0.39 is 38.7 Å². The van der Waals surface area contributed by atoms with Gasteiger partial charge >= 0.3 is 0 Å². The highest BCUT2D eigenvalue weighted by molar-refractivity contribution is 7.92. The molecule has 5 rings (SSSR count). The number of sulfone groups is 1. The standard InChI is InChI=1S/C25H22F2N4O4S2/c26-16-5-8-21(19(27)14-16)35-22(23(32)31-25-30-20-2-1-11-29-24(20)36-25)15-3-6-17(7-4-15)37(33,34)18-9-12-28-13-10-18/h1-8,11,14,18,22,28H,9-10,12-13H2,(H,30,31,32). The van der Waals surface area contributed by atoms with Crippen molar-refractivity contribution in [2.75, 3.05) is 18.4 Å². The molecule has 2 N–H and O–H groups in total. The van der Waals surface area contributed by atoms with Crippen LogP contribution in [0.1, 0.15) is 24.5 Å². The maximum atomic E-state index is 14.4. The topological polar surface area (TPSA) is 110 Å². The number of fused-ring (bicyclic) bond motifs is 1. The van der Waals surface area contributed by atoms with Crippen molar-refractivity contribution in [3.05, 3.63) is 78.0 Å². The molecule has 0 radical (unpaired) electrons. The summed E-state index contributed by atoms with van der Waals surface area (Å²) in [6.07, 6.45) is 1.25. The molecule has 2 aromatic heterocycles. The molecule has 1 saturated heterocycles. The monoisotopic (exact) mass is 544 g/mol. The molecule has 4 aromatic rings. The maximum Gasteiger partial charge on any atom is 0.271 e. The molecule has 2 aromatic carbocycles. The van der Waals surface area contributed by atoms with E-state index in [9.17, 15) is 22.0 Å². The summed E-state index contributed by atoms with van der Waals surface area (Å²) in [5, 5.41) is 5.58. The molecule has 0 saturated carbocycles. The van der Waals surface area contributed by atoms with Gasteiger partial charge in [0, 0.05) is 17.8 Å². The first-order chi connectivity index (χ1) is 17.8. The summed E-state index contributed by atoms with van der Waals surface area (Å²) >= 11 is 1.15. The van der Waals surface area contributed by atoms with E-state index >= 15 is 0 Å². The third kappa shape index (κ3) is 5.45. The molecular formula is C25H22F2N4O4S2. The summed E-state index contributed by atoms with van der Waals surface area (Å²) in [4.78, 5) is 22.6. The number of carbonyl (C=O) groups excluding carboxylic acids is 1. The van der Waals surface area contributed by atoms with Gasteiger partial charge in [0.2, 0.25) is 6.10 Å². The molecule has 8 nitrogen and oxygen atoms in total. The molecule has 1 aliphatic rings. The summed E-state index contributed by atoms with van der Waals surface area (Å²) < 4.78 is 59.6. The molecule has 37 heavy (non-hydrogen) atoms. The zero-order valence-electron chi connectivity index (χ0n) is 19.4. The number of thiazole rings is 1. The van der Waals surface area contributed by atoms with Gasteiger partial charge in [0.25, 0.3) is 5.91 Å². The first kappa shape index (κ1) is 25.2. The highest BCUT2D eigenvalue weighted by Gasteiger charge is 2.30. The number of amides is 1. The Morgan fingerprint density at radius 1 is 1.11 bits per heavy atom. The van der Waals surface area contributed by atoms with Gasteiger partial charge in [-0.2, -0.15) is 0 Å². The molecule has 1 unspecified atom stereocenters. The lowest BCUT2D eigenvalue weighted by Gasteiger charge is -2.23. The van der Waals surface area contributed by atoms with Gasteiger partial charge in [-0.15, -0.1) is 0 Å². The fourth-order valence-corrected chi connectivity index (χ4v) is 6.66. The van der Waals surface area contributed by atoms with Gasteiger partial charge in [0.15, 0.2) is 26.5 Å². The van der Waals surface area contributed by atoms with Crippen molar-refractivity contribution in [1.29, 1.82) is 0 Å². The quantitative estimate of drug-likeness (QED) is 0.358. The summed E-state index contributed by atoms with van der Waals surface area (Å²) in [5.41, 5.74) is 0.877. The highest BCUT2D eigenvalue weighted by atomic mass is 32.2. The third-order valence-corrected chi connectivity index (χ3v) is 9.18. The van der Waals surface area contributed by atoms with Crippen molar-refractivity contribution in [3.8, 4) is 5.75 Å². The molecule has 192 valence electrons. The number of nitrogens with zero attached hydrogens (tertiary/aromatic N) is 2. The van der Waals surface area contributed by atoms with Crippen LogP contribution >= 0.6 is 11.3 Å². The number of anilines is 1. The highest BCUT2D eigenvalue weighted by Crippen LogP contribution is 2.30. The van der Waals surface area contributed by atoms with E-state index in [0.29, 0.717) is 42.3 Å². The van der Waals surface area contributed by atoms with Crippen LogP contribution in [0, 0.1) is 11.6 Å². The second-order valence-corrected chi connectivity index (χ2v) is 11.7. The van der Waals surface area contributed by atoms with Crippen molar-refractivity contribution < 1.29 is 26.7 Å². The van der Waals surface area contributed by atoms with Crippen LogP contribution < -0.4 is 15.4 Å². The molecule has 1 atom stereocenters. The van der Waals surface area contributed by atoms with Gasteiger partial charge in [0.05, 0.1) is 10.1 Å². The lowest BCUT2D eigenvalue weighted by atomic mass is 10.1. The van der Waals surface area contributed by atoms with Crippen LogP contribution in [0.25, 0.3) is 10.3 Å². The number of nitrogens with one attached hydrogen (secondary N) is 2. The number of pyridine rings is 1. The summed E-state index contributed by atoms with van der Waals surface area (Å²) in [6.45, 7) is 1.26. The van der Waals surface area contributed by atoms with Crippen molar-refractivity contribution in [3.63, 3.8) is 0 Å². The Hall–Kier alpha value is -3.48. The van der Waals surface area contributed by atoms with E-state index in [1.165, 1.54) is 24.3 Å². The number of rotatable bonds is 7. The fourth-order valence-electron chi connectivity index (χ4n) is 4.10. The van der Waals surface area contributed by atoms with Crippen LogP contribution in [0.15, 0.2) is 65.7 Å². The Morgan fingerprint density at radius 3 is 2.57 bits per heavy atom. The number of hydrogen-bond acceptors (Lipinski definition) is 8. The first-order valence-corrected chi connectivity index (χ1v) is 13.9. The van der Waals surface area contributed by atoms with Crippen molar-refractivity contribution >= 4 is 42.6 Å². The molecule has 3 heterocycles. The second kappa shape index (κ2) is 10.5. The Morgan fingerprint density at radius 2 is 1.86 bits per heavy atom. The van der Waals surface area contributed by atoms with Gasteiger partial charge in [-0.25, -0.2) is 27.2 Å². The maximum absolute atomic E-state index is 14.4. The summed E-state index contributed by atoms with van der Waals surface area (Å²) in [5.74, 6) is -2.77. The molecule has 12 heteroatoms. The van der Waals surface area contributed by atoms with Gasteiger partial charge in [0.1, 0.15) is 16.2 Å². The minimum atomic E-state index is -3.56. The molecule has 1 aliphatic heterocycles. The van der Waals surface area contributed by atoms with Crippen LogP contribution in [-0.2, 0) is 14.6 Å². The number of halogens is 2. The van der Waals surface area contributed by atoms with Gasteiger partial charge < -0.3 is 10.1 Å². The van der Waals surface area contributed by atoms with Crippen LogP contribution in [0.3, 0.4) is 0 Å². The average Bonchev–Trinajstić information content (AvgIpc) is 3.31. The van der Waals surface area contributed by atoms with E-state index in [1.54, 1.807) is 18.3 Å². The van der Waals surface area contributed by atoms with E-state index in [2.05, 4.69) is 20.6 Å². The molecule has 0 bridgehead atoms. The number of benzene rings is 2. The van der Waals surface area contributed by atoms with Gasteiger partial charge in [-0.3, -0.25) is 10.1 Å². The zero-order valence-corrected chi connectivity index (χ0v) is 21.0. The molecule has 0 aliphatic carbocycles. The van der Waals surface area contributed by atoms with Crippen molar-refractivity contribution in [2.24, 2.45) is 0 Å². The predicted molar refractivity (Wildman–Crippen MR) is 135 cm³/mol. The van der Waals surface area contributed by atoms with Crippen LogP contribution in [0.4, 0.5) is 13.9 Å². The minimum absolute atomic E-state index is 0.132. The zero-order chi connectivity index (χ0) is 26.0. The summed E-state index contributed by atoms with van der Waals surface area (Å²) in [6, 6.07) is 12.0. The van der Waals surface area contributed by atoms with E-state index in [4.69, 9.17) is 4.74 Å². The minimum Gasteiger partial charge on any atom is -0.473 e. The van der Waals surface area contributed by atoms with Crippen LogP contribution in [-0.4, -0.2) is 42.6 Å². The largest absolute Gasteiger partial charge is 0.473 e. The smallest absolute Gasteiger partial charge is 0.271 e. The fraction of sp³-hybridized carbons (Fsp3) is 0.240. The number of carbonyl (C=O) groups is 1. The Kier molecular flexibility index (Phi) is 7.13. The molecule has 1 amide bonds. The van der Waals surface area contributed by atoms with Crippen LogP contribution in [0.5, 0.6) is 5.75 Å². The van der Waals surface area contributed by atoms with E-state index in [0.717, 1.165) is 23.5 Å². The number of aromatic nitrogens is 2. The lowest BCUT2D eigenvalue weighted by Crippen LogP contribution is -2.35. The third-order valence-electron chi connectivity index (χ3n) is 6.01. The Bertz CT molecular complexity index is 1510. The normalized spacial score (nSPS) is 15.4. The van der Waals surface area contributed by atoms with Crippen LogP contribution in [0.2, 0.25) is 0 Å². The number of ether oxygens (including phenoxy) is 1. The number of piperidine rings is 1. The second-order valence-electron chi connectivity index (χ2n) is 8.47. The molecular weight excluding hydrogens is 522 g/mol. The van der Waals surface area contributed by atoms with Gasteiger partial charge in [-0.05, 0) is 62.3 Å². The average molecular weight is 545 g/mol.